The molecular formula is C20H17F2N5O3. The van der Waals surface area contributed by atoms with E-state index in [1.165, 1.54) is 4.57 Å². The van der Waals surface area contributed by atoms with Gasteiger partial charge in [-0.05, 0) is 31.2 Å². The van der Waals surface area contributed by atoms with Gasteiger partial charge in [-0.25, -0.2) is 13.5 Å². The lowest BCUT2D eigenvalue weighted by atomic mass is 10.2. The van der Waals surface area contributed by atoms with Crippen molar-refractivity contribution in [2.24, 2.45) is 0 Å². The van der Waals surface area contributed by atoms with Crippen LogP contribution in [0.25, 0.3) is 0 Å². The average Bonchev–Trinajstić information content (AvgIpc) is 3.12. The molecule has 0 unspecified atom stereocenters. The molecule has 4 rings (SSSR count). The second-order valence-electron chi connectivity index (χ2n) is 6.88. The topological polar surface area (TPSA) is 89.2 Å². The zero-order valence-corrected chi connectivity index (χ0v) is 15.9. The van der Waals surface area contributed by atoms with Gasteiger partial charge in [0.2, 0.25) is 11.9 Å². The lowest BCUT2D eigenvalue weighted by Crippen LogP contribution is -2.44. The summed E-state index contributed by atoms with van der Waals surface area (Å²) in [5, 5.41) is 6.44. The fraction of sp³-hybridized carbons (Fsp3) is 0.200. The van der Waals surface area contributed by atoms with Crippen molar-refractivity contribution < 1.29 is 13.6 Å². The first-order valence-electron chi connectivity index (χ1n) is 9.14. The molecule has 3 aromatic rings. The van der Waals surface area contributed by atoms with Gasteiger partial charge in [-0.15, -0.1) is 5.10 Å². The van der Waals surface area contributed by atoms with Crippen LogP contribution in [0.3, 0.4) is 0 Å². The summed E-state index contributed by atoms with van der Waals surface area (Å²) in [6.45, 7) is 2.09. The maximum Gasteiger partial charge on any atom is 0.333 e. The third-order valence-corrected chi connectivity index (χ3v) is 4.75. The lowest BCUT2D eigenvalue weighted by Gasteiger charge is -2.18. The Hall–Kier alpha value is -3.82. The molecule has 0 saturated heterocycles. The molecule has 0 radical (unpaired) electrons. The highest BCUT2D eigenvalue weighted by atomic mass is 19.1. The van der Waals surface area contributed by atoms with Crippen LogP contribution in [0, 0.1) is 18.6 Å². The Morgan fingerprint density at radius 3 is 2.50 bits per heavy atom. The van der Waals surface area contributed by atoms with E-state index in [4.69, 9.17) is 0 Å². The SMILES string of the molecule is Cc1ccc(N2CCn3c2nn(CC(=O)Nc2ccc(F)cc2F)c(=O)c3=O)cc1. The van der Waals surface area contributed by atoms with E-state index in [2.05, 4.69) is 10.4 Å². The van der Waals surface area contributed by atoms with Gasteiger partial charge in [-0.1, -0.05) is 17.7 Å². The van der Waals surface area contributed by atoms with Crippen molar-refractivity contribution in [2.45, 2.75) is 20.0 Å². The Labute approximate surface area is 169 Å². The summed E-state index contributed by atoms with van der Waals surface area (Å²) in [6.07, 6.45) is 0. The molecule has 0 saturated carbocycles. The number of carbonyl (C=O) groups excluding carboxylic acids is 1. The molecule has 2 aromatic carbocycles. The van der Waals surface area contributed by atoms with Gasteiger partial charge in [-0.3, -0.25) is 19.0 Å². The number of benzene rings is 2. The van der Waals surface area contributed by atoms with Crippen LogP contribution in [0.2, 0.25) is 0 Å². The van der Waals surface area contributed by atoms with Crippen molar-refractivity contribution in [1.29, 1.82) is 0 Å². The van der Waals surface area contributed by atoms with Crippen molar-refractivity contribution in [3.05, 3.63) is 80.4 Å². The van der Waals surface area contributed by atoms with E-state index in [1.807, 2.05) is 31.2 Å². The van der Waals surface area contributed by atoms with Gasteiger partial charge < -0.3 is 10.2 Å². The maximum atomic E-state index is 13.7. The predicted molar refractivity (Wildman–Crippen MR) is 106 cm³/mol. The quantitative estimate of drug-likeness (QED) is 0.659. The minimum atomic E-state index is -0.959. The number of hydrogen-bond donors (Lipinski definition) is 1. The number of hydrogen-bond acceptors (Lipinski definition) is 5. The molecule has 8 nitrogen and oxygen atoms in total. The first kappa shape index (κ1) is 19.5. The highest BCUT2D eigenvalue weighted by molar-refractivity contribution is 5.90. The lowest BCUT2D eigenvalue weighted by molar-refractivity contribution is -0.117. The second kappa shape index (κ2) is 7.54. The monoisotopic (exact) mass is 413 g/mol. The zero-order chi connectivity index (χ0) is 21.4. The van der Waals surface area contributed by atoms with Crippen LogP contribution in [0.5, 0.6) is 0 Å². The second-order valence-corrected chi connectivity index (χ2v) is 6.88. The number of carbonyl (C=O) groups is 1. The first-order valence-corrected chi connectivity index (χ1v) is 9.14. The molecule has 154 valence electrons. The van der Waals surface area contributed by atoms with Crippen LogP contribution < -0.4 is 21.3 Å². The van der Waals surface area contributed by atoms with Gasteiger partial charge in [0.1, 0.15) is 18.2 Å². The molecule has 1 aliphatic rings. The molecule has 0 fully saturated rings. The Morgan fingerprint density at radius 1 is 1.07 bits per heavy atom. The smallest absolute Gasteiger partial charge is 0.322 e. The van der Waals surface area contributed by atoms with E-state index in [1.54, 1.807) is 4.90 Å². The van der Waals surface area contributed by atoms with Gasteiger partial charge >= 0.3 is 11.1 Å². The number of halogens is 2. The van der Waals surface area contributed by atoms with Crippen LogP contribution in [-0.2, 0) is 17.9 Å². The number of aryl methyl sites for hydroxylation is 1. The number of anilines is 3. The standard InChI is InChI=1S/C20H17F2N5O3/c1-12-2-5-14(6-3-12)25-8-9-26-18(29)19(30)27(24-20(25)26)11-17(28)23-16-7-4-13(21)10-15(16)22/h2-7,10H,8-9,11H2,1H3,(H,23,28). The largest absolute Gasteiger partial charge is 0.333 e. The van der Waals surface area contributed by atoms with Gasteiger partial charge in [0.15, 0.2) is 0 Å². The molecule has 0 aliphatic carbocycles. The van der Waals surface area contributed by atoms with Gasteiger partial charge in [0, 0.05) is 24.8 Å². The van der Waals surface area contributed by atoms with Crippen molar-refractivity contribution in [3.8, 4) is 0 Å². The molecule has 0 atom stereocenters. The van der Waals surface area contributed by atoms with Gasteiger partial charge in [0.25, 0.3) is 0 Å². The summed E-state index contributed by atoms with van der Waals surface area (Å²) in [7, 11) is 0. The minimum Gasteiger partial charge on any atom is -0.322 e. The maximum absolute atomic E-state index is 13.7. The normalized spacial score (nSPS) is 12.7. The van der Waals surface area contributed by atoms with E-state index < -0.39 is 35.2 Å². The molecule has 2 heterocycles. The molecular weight excluding hydrogens is 396 g/mol. The van der Waals surface area contributed by atoms with E-state index in [9.17, 15) is 23.2 Å². The van der Waals surface area contributed by atoms with Crippen molar-refractivity contribution in [1.82, 2.24) is 14.3 Å². The van der Waals surface area contributed by atoms with Crippen LogP contribution >= 0.6 is 0 Å². The van der Waals surface area contributed by atoms with E-state index >= 15 is 0 Å². The van der Waals surface area contributed by atoms with E-state index in [0.29, 0.717) is 12.6 Å². The van der Waals surface area contributed by atoms with Crippen LogP contribution in [0.4, 0.5) is 26.1 Å². The number of amides is 1. The van der Waals surface area contributed by atoms with Crippen LogP contribution in [0.1, 0.15) is 5.56 Å². The number of aromatic nitrogens is 3. The molecule has 0 bridgehead atoms. The summed E-state index contributed by atoms with van der Waals surface area (Å²) in [6, 6.07) is 10.3. The Balaban J connectivity index is 1.63. The zero-order valence-electron chi connectivity index (χ0n) is 15.9. The predicted octanol–water partition coefficient (Wildman–Crippen LogP) is 1.78. The van der Waals surface area contributed by atoms with Crippen LogP contribution in [0.15, 0.2) is 52.1 Å². The fourth-order valence-electron chi connectivity index (χ4n) is 3.22. The minimum absolute atomic E-state index is 0.240. The molecule has 0 spiro atoms. The molecule has 10 heteroatoms. The highest BCUT2D eigenvalue weighted by Gasteiger charge is 2.26. The molecule has 1 aromatic heterocycles. The average molecular weight is 413 g/mol. The summed E-state index contributed by atoms with van der Waals surface area (Å²) < 4.78 is 28.8. The van der Waals surface area contributed by atoms with Gasteiger partial charge in [0.05, 0.1) is 5.69 Å². The molecule has 30 heavy (non-hydrogen) atoms. The van der Waals surface area contributed by atoms with Gasteiger partial charge in [-0.2, -0.15) is 0 Å². The number of rotatable bonds is 4. The first-order chi connectivity index (χ1) is 14.3. The van der Waals surface area contributed by atoms with E-state index in [0.717, 1.165) is 28.1 Å². The Bertz CT molecular complexity index is 1250. The summed E-state index contributed by atoms with van der Waals surface area (Å²) >= 11 is 0. The van der Waals surface area contributed by atoms with Crippen LogP contribution in [-0.4, -0.2) is 26.8 Å². The number of nitrogens with one attached hydrogen (secondary N) is 1. The summed E-state index contributed by atoms with van der Waals surface area (Å²) in [4.78, 5) is 38.9. The van der Waals surface area contributed by atoms with E-state index in [-0.39, 0.29) is 18.2 Å². The van der Waals surface area contributed by atoms with Crippen molar-refractivity contribution in [3.63, 3.8) is 0 Å². The molecule has 1 N–H and O–H groups in total. The number of fused-ring (bicyclic) bond motifs is 1. The fourth-order valence-corrected chi connectivity index (χ4v) is 3.22. The third-order valence-electron chi connectivity index (χ3n) is 4.75. The summed E-state index contributed by atoms with van der Waals surface area (Å²) in [5.74, 6) is -2.28. The Morgan fingerprint density at radius 2 is 1.80 bits per heavy atom. The molecule has 1 aliphatic heterocycles. The third kappa shape index (κ3) is 3.59. The number of nitrogens with zero attached hydrogens (tertiary/aromatic N) is 4. The Kier molecular flexibility index (Phi) is 4.90. The molecule has 1 amide bonds. The highest BCUT2D eigenvalue weighted by Crippen LogP contribution is 2.26. The summed E-state index contributed by atoms with van der Waals surface area (Å²) in [5.41, 5.74) is -0.136. The van der Waals surface area contributed by atoms with Crippen molar-refractivity contribution >= 4 is 23.2 Å². The van der Waals surface area contributed by atoms with Crippen molar-refractivity contribution in [2.75, 3.05) is 16.8 Å².